The van der Waals surface area contributed by atoms with Crippen LogP contribution in [0.1, 0.15) is 33.6 Å². The number of nitrogens with zero attached hydrogens (tertiary/aromatic N) is 1. The first kappa shape index (κ1) is 20.7. The first-order valence-corrected chi connectivity index (χ1v) is 10.8. The highest BCUT2D eigenvalue weighted by Gasteiger charge is 2.30. The van der Waals surface area contributed by atoms with Gasteiger partial charge in [0, 0.05) is 18.0 Å². The van der Waals surface area contributed by atoms with Gasteiger partial charge in [0.1, 0.15) is 0 Å². The van der Waals surface area contributed by atoms with Crippen LogP contribution >= 0.6 is 11.3 Å². The largest absolute Gasteiger partial charge is 0.416 e. The third-order valence-corrected chi connectivity index (χ3v) is 6.68. The van der Waals surface area contributed by atoms with Gasteiger partial charge >= 0.3 is 6.18 Å². The maximum absolute atomic E-state index is 13.0. The van der Waals surface area contributed by atoms with Crippen LogP contribution in [0.25, 0.3) is 10.4 Å². The van der Waals surface area contributed by atoms with Crippen LogP contribution in [0.15, 0.2) is 66.7 Å². The molecule has 1 amide bonds. The van der Waals surface area contributed by atoms with Crippen molar-refractivity contribution in [2.75, 3.05) is 13.1 Å². The van der Waals surface area contributed by atoms with Gasteiger partial charge in [0.05, 0.1) is 10.4 Å². The van der Waals surface area contributed by atoms with E-state index >= 15 is 0 Å². The zero-order valence-electron chi connectivity index (χ0n) is 16.4. The summed E-state index contributed by atoms with van der Waals surface area (Å²) in [6.45, 7) is 1.43. The Labute approximate surface area is 178 Å². The molecule has 1 aromatic heterocycles. The van der Waals surface area contributed by atoms with Crippen LogP contribution in [-0.2, 0) is 12.6 Å². The average Bonchev–Trinajstić information content (AvgIpc) is 3.24. The number of rotatable bonds is 4. The van der Waals surface area contributed by atoms with Crippen molar-refractivity contribution in [3.05, 3.63) is 82.7 Å². The van der Waals surface area contributed by atoms with Gasteiger partial charge in [-0.05, 0) is 60.6 Å². The van der Waals surface area contributed by atoms with Crippen molar-refractivity contribution in [2.24, 2.45) is 5.92 Å². The van der Waals surface area contributed by atoms with E-state index in [2.05, 4.69) is 12.1 Å². The molecule has 0 aliphatic carbocycles. The van der Waals surface area contributed by atoms with Crippen LogP contribution in [0, 0.1) is 5.92 Å². The molecule has 30 heavy (non-hydrogen) atoms. The number of thiophene rings is 1. The van der Waals surface area contributed by atoms with Gasteiger partial charge in [-0.1, -0.05) is 42.5 Å². The molecule has 156 valence electrons. The van der Waals surface area contributed by atoms with Gasteiger partial charge in [0.25, 0.3) is 5.91 Å². The van der Waals surface area contributed by atoms with Gasteiger partial charge < -0.3 is 4.90 Å². The number of hydrogen-bond donors (Lipinski definition) is 0. The molecule has 4 rings (SSSR count). The van der Waals surface area contributed by atoms with Crippen molar-refractivity contribution >= 4 is 17.2 Å². The Morgan fingerprint density at radius 3 is 2.40 bits per heavy atom. The Hall–Kier alpha value is -2.60. The van der Waals surface area contributed by atoms with Crippen LogP contribution in [-0.4, -0.2) is 23.9 Å². The van der Waals surface area contributed by atoms with Crippen molar-refractivity contribution < 1.29 is 18.0 Å². The summed E-state index contributed by atoms with van der Waals surface area (Å²) < 4.78 is 38.9. The standard InChI is InChI=1S/C24H22F3NOS/c25-24(26,27)20-8-4-7-19(16-20)21-9-10-22(30-21)23(29)28-13-11-18(12-14-28)15-17-5-2-1-3-6-17/h1-10,16,18H,11-15H2. The molecule has 6 heteroatoms. The summed E-state index contributed by atoms with van der Waals surface area (Å²) in [5, 5.41) is 0. The molecule has 2 nitrogen and oxygen atoms in total. The summed E-state index contributed by atoms with van der Waals surface area (Å²) in [5.74, 6) is 0.539. The van der Waals surface area contributed by atoms with Gasteiger partial charge in [-0.2, -0.15) is 13.2 Å². The lowest BCUT2D eigenvalue weighted by molar-refractivity contribution is -0.137. The maximum Gasteiger partial charge on any atom is 0.416 e. The minimum Gasteiger partial charge on any atom is -0.338 e. The number of likely N-dealkylation sites (tertiary alicyclic amines) is 1. The number of carbonyl (C=O) groups is 1. The fraction of sp³-hybridized carbons (Fsp3) is 0.292. The molecule has 1 aliphatic heterocycles. The Bertz CT molecular complexity index is 1000. The highest BCUT2D eigenvalue weighted by Crippen LogP contribution is 2.35. The van der Waals surface area contributed by atoms with Gasteiger partial charge in [0.2, 0.25) is 0 Å². The Morgan fingerprint density at radius 2 is 1.70 bits per heavy atom. The third kappa shape index (κ3) is 4.75. The van der Waals surface area contributed by atoms with Crippen LogP contribution in [0.2, 0.25) is 0 Å². The second-order valence-corrected chi connectivity index (χ2v) is 8.75. The first-order chi connectivity index (χ1) is 14.4. The van der Waals surface area contributed by atoms with Gasteiger partial charge in [-0.25, -0.2) is 0 Å². The first-order valence-electron chi connectivity index (χ1n) is 10.0. The van der Waals surface area contributed by atoms with E-state index in [0.717, 1.165) is 31.4 Å². The molecule has 1 aliphatic rings. The summed E-state index contributed by atoms with van der Waals surface area (Å²) in [5.41, 5.74) is 1.13. The Morgan fingerprint density at radius 1 is 0.967 bits per heavy atom. The molecule has 0 spiro atoms. The van der Waals surface area contributed by atoms with Crippen LogP contribution in [0.4, 0.5) is 13.2 Å². The molecule has 0 atom stereocenters. The van der Waals surface area contributed by atoms with Gasteiger partial charge in [-0.15, -0.1) is 11.3 Å². The Kier molecular flexibility index (Phi) is 5.95. The smallest absolute Gasteiger partial charge is 0.338 e. The van der Waals surface area contributed by atoms with Crippen LogP contribution in [0.3, 0.4) is 0 Å². The topological polar surface area (TPSA) is 20.3 Å². The molecular weight excluding hydrogens is 407 g/mol. The fourth-order valence-corrected chi connectivity index (χ4v) is 4.87. The van der Waals surface area contributed by atoms with Gasteiger partial charge in [0.15, 0.2) is 0 Å². The SMILES string of the molecule is O=C(c1ccc(-c2cccc(C(F)(F)F)c2)s1)N1CCC(Cc2ccccc2)CC1. The molecule has 0 unspecified atom stereocenters. The van der Waals surface area contributed by atoms with Crippen molar-refractivity contribution in [3.63, 3.8) is 0 Å². The average molecular weight is 430 g/mol. The lowest BCUT2D eigenvalue weighted by Crippen LogP contribution is -2.38. The maximum atomic E-state index is 13.0. The minimum absolute atomic E-state index is 0.0311. The molecule has 0 radical (unpaired) electrons. The molecule has 2 heterocycles. The molecule has 0 bridgehead atoms. The van der Waals surface area contributed by atoms with Crippen LogP contribution < -0.4 is 0 Å². The van der Waals surface area contributed by atoms with Gasteiger partial charge in [-0.3, -0.25) is 4.79 Å². The monoisotopic (exact) mass is 429 g/mol. The molecule has 2 aromatic carbocycles. The lowest BCUT2D eigenvalue weighted by Gasteiger charge is -2.31. The molecule has 1 fully saturated rings. The number of carbonyl (C=O) groups excluding carboxylic acids is 1. The second-order valence-electron chi connectivity index (χ2n) is 7.67. The summed E-state index contributed by atoms with van der Waals surface area (Å²) >= 11 is 1.25. The number of hydrogen-bond acceptors (Lipinski definition) is 2. The van der Waals surface area contributed by atoms with Crippen LogP contribution in [0.5, 0.6) is 0 Å². The predicted octanol–water partition coefficient (Wildman–Crippen LogP) is 6.53. The van der Waals surface area contributed by atoms with E-state index in [1.54, 1.807) is 18.2 Å². The summed E-state index contributed by atoms with van der Waals surface area (Å²) in [7, 11) is 0. The van der Waals surface area contributed by atoms with E-state index in [-0.39, 0.29) is 5.91 Å². The minimum atomic E-state index is -4.38. The number of amides is 1. The van der Waals surface area contributed by atoms with Crippen molar-refractivity contribution in [1.29, 1.82) is 0 Å². The molecule has 0 saturated carbocycles. The summed E-state index contributed by atoms with van der Waals surface area (Å²) in [4.78, 5) is 16.0. The zero-order chi connectivity index (χ0) is 21.1. The lowest BCUT2D eigenvalue weighted by atomic mass is 9.90. The molecule has 1 saturated heterocycles. The highest BCUT2D eigenvalue weighted by molar-refractivity contribution is 7.17. The molecule has 3 aromatic rings. The van der Waals surface area contributed by atoms with E-state index in [9.17, 15) is 18.0 Å². The summed E-state index contributed by atoms with van der Waals surface area (Å²) in [6, 6.07) is 19.1. The third-order valence-electron chi connectivity index (χ3n) is 5.56. The fourth-order valence-electron chi connectivity index (χ4n) is 3.90. The number of benzene rings is 2. The number of piperidine rings is 1. The predicted molar refractivity (Wildman–Crippen MR) is 114 cm³/mol. The van der Waals surface area contributed by atoms with E-state index in [1.165, 1.54) is 23.0 Å². The van der Waals surface area contributed by atoms with E-state index < -0.39 is 11.7 Å². The van der Waals surface area contributed by atoms with Crippen molar-refractivity contribution in [1.82, 2.24) is 4.90 Å². The molecular formula is C24H22F3NOS. The van der Waals surface area contributed by atoms with Crippen molar-refractivity contribution in [2.45, 2.75) is 25.4 Å². The quantitative estimate of drug-likeness (QED) is 0.462. The second kappa shape index (κ2) is 8.64. The number of halogens is 3. The van der Waals surface area contributed by atoms with E-state index in [4.69, 9.17) is 0 Å². The number of alkyl halides is 3. The molecule has 0 N–H and O–H groups in total. The van der Waals surface area contributed by atoms with E-state index in [1.807, 2.05) is 23.1 Å². The normalized spacial score (nSPS) is 15.4. The Balaban J connectivity index is 1.39. The van der Waals surface area contributed by atoms with Crippen molar-refractivity contribution in [3.8, 4) is 10.4 Å². The summed E-state index contributed by atoms with van der Waals surface area (Å²) in [6.07, 6.45) is -1.42. The highest BCUT2D eigenvalue weighted by atomic mass is 32.1. The zero-order valence-corrected chi connectivity index (χ0v) is 17.2. The van der Waals surface area contributed by atoms with E-state index in [0.29, 0.717) is 34.3 Å².